The Morgan fingerprint density at radius 3 is 2.05 bits per heavy atom. The van der Waals surface area contributed by atoms with Gasteiger partial charge in [0.1, 0.15) is 5.82 Å². The lowest BCUT2D eigenvalue weighted by Crippen LogP contribution is -2.33. The summed E-state index contributed by atoms with van der Waals surface area (Å²) in [6.07, 6.45) is 5.22. The Labute approximate surface area is 133 Å². The van der Waals surface area contributed by atoms with Crippen molar-refractivity contribution in [2.45, 2.75) is 37.5 Å². The molecule has 0 N–H and O–H groups in total. The van der Waals surface area contributed by atoms with Gasteiger partial charge in [0.05, 0.1) is 5.41 Å². The van der Waals surface area contributed by atoms with Gasteiger partial charge in [-0.1, -0.05) is 72.8 Å². The van der Waals surface area contributed by atoms with Gasteiger partial charge < -0.3 is 0 Å². The smallest absolute Gasteiger partial charge is 0.197 e. The summed E-state index contributed by atoms with van der Waals surface area (Å²) in [4.78, 5) is 8.40. The Kier molecular flexibility index (Phi) is 4.14. The number of nitrogens with zero attached hydrogens (tertiary/aromatic N) is 2. The summed E-state index contributed by atoms with van der Waals surface area (Å²) < 4.78 is 13.6. The lowest BCUT2D eigenvalue weighted by molar-refractivity contribution is 0.329. The van der Waals surface area contributed by atoms with Crippen LogP contribution in [-0.4, -0.2) is 9.97 Å². The SMILES string of the molecule is Fc1c(Cl)nc(C2(c3ccccc3)CCCCC2)nc1Cl. The van der Waals surface area contributed by atoms with E-state index in [9.17, 15) is 4.39 Å². The third kappa shape index (κ3) is 2.65. The highest BCUT2D eigenvalue weighted by Gasteiger charge is 2.39. The summed E-state index contributed by atoms with van der Waals surface area (Å²) in [7, 11) is 0. The number of rotatable bonds is 2. The Morgan fingerprint density at radius 1 is 0.905 bits per heavy atom. The molecule has 0 saturated heterocycles. The normalized spacial score (nSPS) is 17.7. The highest BCUT2D eigenvalue weighted by molar-refractivity contribution is 6.33. The molecule has 1 aliphatic carbocycles. The minimum Gasteiger partial charge on any atom is -0.217 e. The number of aromatic nitrogens is 2. The van der Waals surface area contributed by atoms with Crippen molar-refractivity contribution in [2.75, 3.05) is 0 Å². The zero-order chi connectivity index (χ0) is 14.9. The fourth-order valence-corrected chi connectivity index (χ4v) is 3.55. The van der Waals surface area contributed by atoms with Gasteiger partial charge in [-0.15, -0.1) is 0 Å². The Balaban J connectivity index is 2.17. The third-order valence-corrected chi connectivity index (χ3v) is 4.73. The first-order valence-electron chi connectivity index (χ1n) is 7.08. The van der Waals surface area contributed by atoms with Crippen LogP contribution < -0.4 is 0 Å². The monoisotopic (exact) mass is 324 g/mol. The van der Waals surface area contributed by atoms with E-state index in [2.05, 4.69) is 22.1 Å². The second kappa shape index (κ2) is 5.90. The molecule has 110 valence electrons. The van der Waals surface area contributed by atoms with Crippen molar-refractivity contribution < 1.29 is 4.39 Å². The van der Waals surface area contributed by atoms with Crippen LogP contribution in [-0.2, 0) is 5.41 Å². The molecule has 1 aromatic carbocycles. The number of benzene rings is 1. The first-order chi connectivity index (χ1) is 10.1. The van der Waals surface area contributed by atoms with Crippen LogP contribution in [0.1, 0.15) is 43.5 Å². The van der Waals surface area contributed by atoms with E-state index in [1.54, 1.807) is 0 Å². The van der Waals surface area contributed by atoms with Crippen molar-refractivity contribution in [3.05, 3.63) is 57.8 Å². The first kappa shape index (κ1) is 14.7. The van der Waals surface area contributed by atoms with Crippen LogP contribution in [0.15, 0.2) is 30.3 Å². The molecule has 0 radical (unpaired) electrons. The highest BCUT2D eigenvalue weighted by Crippen LogP contribution is 2.44. The maximum Gasteiger partial charge on any atom is 0.197 e. The average Bonchev–Trinajstić information content (AvgIpc) is 2.53. The standard InChI is InChI=1S/C16H15Cl2FN2/c17-13-12(19)14(18)21-15(20-13)16(9-5-2-6-10-16)11-7-3-1-4-8-11/h1,3-4,7-8H,2,5-6,9-10H2. The molecule has 1 aromatic heterocycles. The molecule has 0 unspecified atom stereocenters. The van der Waals surface area contributed by atoms with Gasteiger partial charge in [-0.05, 0) is 18.4 Å². The molecule has 0 bridgehead atoms. The summed E-state index contributed by atoms with van der Waals surface area (Å²) >= 11 is 11.8. The Morgan fingerprint density at radius 2 is 1.48 bits per heavy atom. The predicted octanol–water partition coefficient (Wildman–Crippen LogP) is 5.17. The molecular weight excluding hydrogens is 310 g/mol. The molecule has 5 heteroatoms. The van der Waals surface area contributed by atoms with Gasteiger partial charge in [0.2, 0.25) is 0 Å². The van der Waals surface area contributed by atoms with E-state index >= 15 is 0 Å². The van der Waals surface area contributed by atoms with Gasteiger partial charge in [-0.25, -0.2) is 14.4 Å². The minimum atomic E-state index is -0.749. The van der Waals surface area contributed by atoms with Crippen LogP contribution in [0.5, 0.6) is 0 Å². The molecule has 0 spiro atoms. The summed E-state index contributed by atoms with van der Waals surface area (Å²) in [6, 6.07) is 10.1. The fourth-order valence-electron chi connectivity index (χ4n) is 3.16. The van der Waals surface area contributed by atoms with Crippen molar-refractivity contribution in [1.82, 2.24) is 9.97 Å². The quantitative estimate of drug-likeness (QED) is 0.712. The molecule has 21 heavy (non-hydrogen) atoms. The second-order valence-electron chi connectivity index (χ2n) is 5.45. The van der Waals surface area contributed by atoms with E-state index in [1.807, 2.05) is 18.2 Å². The van der Waals surface area contributed by atoms with Gasteiger partial charge in [-0.3, -0.25) is 0 Å². The van der Waals surface area contributed by atoms with Crippen LogP contribution in [0.2, 0.25) is 10.3 Å². The molecule has 1 saturated carbocycles. The molecule has 0 aliphatic heterocycles. The topological polar surface area (TPSA) is 25.8 Å². The van der Waals surface area contributed by atoms with E-state index < -0.39 is 5.82 Å². The zero-order valence-electron chi connectivity index (χ0n) is 11.5. The van der Waals surface area contributed by atoms with E-state index in [1.165, 1.54) is 6.42 Å². The van der Waals surface area contributed by atoms with Crippen molar-refractivity contribution in [2.24, 2.45) is 0 Å². The van der Waals surface area contributed by atoms with Crippen LogP contribution in [0.4, 0.5) is 4.39 Å². The molecule has 2 aromatic rings. The minimum absolute atomic E-state index is 0.203. The summed E-state index contributed by atoms with van der Waals surface area (Å²) in [5, 5.41) is -0.406. The number of hydrogen-bond acceptors (Lipinski definition) is 2. The number of halogens is 3. The molecule has 1 fully saturated rings. The zero-order valence-corrected chi connectivity index (χ0v) is 13.0. The Bertz CT molecular complexity index is 617. The number of hydrogen-bond donors (Lipinski definition) is 0. The molecule has 1 heterocycles. The highest BCUT2D eigenvalue weighted by atomic mass is 35.5. The molecule has 1 aliphatic rings. The molecule has 0 amide bonds. The summed E-state index contributed by atoms with van der Waals surface area (Å²) in [6.45, 7) is 0. The summed E-state index contributed by atoms with van der Waals surface area (Å²) in [5.41, 5.74) is 0.823. The van der Waals surface area contributed by atoms with Crippen molar-refractivity contribution in [3.63, 3.8) is 0 Å². The average molecular weight is 325 g/mol. The van der Waals surface area contributed by atoms with E-state index in [0.29, 0.717) is 5.82 Å². The Hall–Kier alpha value is -1.19. The van der Waals surface area contributed by atoms with Crippen LogP contribution in [0.25, 0.3) is 0 Å². The van der Waals surface area contributed by atoms with Gasteiger partial charge in [0.25, 0.3) is 0 Å². The van der Waals surface area contributed by atoms with Crippen molar-refractivity contribution in [3.8, 4) is 0 Å². The van der Waals surface area contributed by atoms with Crippen LogP contribution in [0.3, 0.4) is 0 Å². The largest absolute Gasteiger partial charge is 0.217 e. The van der Waals surface area contributed by atoms with Crippen LogP contribution in [0, 0.1) is 5.82 Å². The molecule has 2 nitrogen and oxygen atoms in total. The first-order valence-corrected chi connectivity index (χ1v) is 7.84. The second-order valence-corrected chi connectivity index (χ2v) is 6.17. The van der Waals surface area contributed by atoms with E-state index in [-0.39, 0.29) is 15.7 Å². The fraction of sp³-hybridized carbons (Fsp3) is 0.375. The maximum absolute atomic E-state index is 13.6. The maximum atomic E-state index is 13.6. The lowest BCUT2D eigenvalue weighted by atomic mass is 9.69. The van der Waals surface area contributed by atoms with Crippen molar-refractivity contribution >= 4 is 23.2 Å². The molecular formula is C16H15Cl2FN2. The summed E-state index contributed by atoms with van der Waals surface area (Å²) in [5.74, 6) is -0.217. The van der Waals surface area contributed by atoms with Gasteiger partial charge in [0, 0.05) is 0 Å². The predicted molar refractivity (Wildman–Crippen MR) is 82.3 cm³/mol. The lowest BCUT2D eigenvalue weighted by Gasteiger charge is -2.36. The van der Waals surface area contributed by atoms with E-state index in [4.69, 9.17) is 23.2 Å². The van der Waals surface area contributed by atoms with Crippen molar-refractivity contribution in [1.29, 1.82) is 0 Å². The van der Waals surface area contributed by atoms with Gasteiger partial charge in [-0.2, -0.15) is 0 Å². The van der Waals surface area contributed by atoms with E-state index in [0.717, 1.165) is 31.2 Å². The molecule has 3 rings (SSSR count). The van der Waals surface area contributed by atoms with Gasteiger partial charge >= 0.3 is 0 Å². The third-order valence-electron chi connectivity index (χ3n) is 4.23. The molecule has 0 atom stereocenters. The van der Waals surface area contributed by atoms with Gasteiger partial charge in [0.15, 0.2) is 16.1 Å². The van der Waals surface area contributed by atoms with Crippen LogP contribution >= 0.6 is 23.2 Å².